The van der Waals surface area contributed by atoms with Gasteiger partial charge in [-0.2, -0.15) is 0 Å². The predicted octanol–water partition coefficient (Wildman–Crippen LogP) is 6.30. The second kappa shape index (κ2) is 8.69. The molecule has 2 heteroatoms. The van der Waals surface area contributed by atoms with Crippen molar-refractivity contribution in [1.29, 1.82) is 0 Å². The van der Waals surface area contributed by atoms with Gasteiger partial charge in [0.15, 0.2) is 0 Å². The zero-order valence-corrected chi connectivity index (χ0v) is 15.6. The summed E-state index contributed by atoms with van der Waals surface area (Å²) in [6.07, 6.45) is 2.34. The molecule has 0 bridgehead atoms. The zero-order chi connectivity index (χ0) is 18.3. The van der Waals surface area contributed by atoms with Gasteiger partial charge in [0.05, 0.1) is 7.11 Å². The molecule has 2 aromatic carbocycles. The molecule has 0 radical (unpaired) electrons. The molecule has 0 aliphatic heterocycles. The van der Waals surface area contributed by atoms with Gasteiger partial charge in [0.25, 0.3) is 0 Å². The van der Waals surface area contributed by atoms with Crippen molar-refractivity contribution in [2.75, 3.05) is 7.11 Å². The van der Waals surface area contributed by atoms with Crippen LogP contribution in [0, 0.1) is 5.41 Å². The Morgan fingerprint density at radius 2 is 1.68 bits per heavy atom. The van der Waals surface area contributed by atoms with Crippen molar-refractivity contribution in [1.82, 2.24) is 0 Å². The van der Waals surface area contributed by atoms with Gasteiger partial charge in [0.2, 0.25) is 0 Å². The van der Waals surface area contributed by atoms with Crippen LogP contribution in [0.3, 0.4) is 0 Å². The molecule has 0 saturated heterocycles. The lowest BCUT2D eigenvalue weighted by molar-refractivity contribution is 0.384. The van der Waals surface area contributed by atoms with E-state index in [0.29, 0.717) is 6.42 Å². The van der Waals surface area contributed by atoms with E-state index in [-0.39, 0.29) is 5.83 Å². The normalized spacial score (nSPS) is 10.9. The highest BCUT2D eigenvalue weighted by molar-refractivity contribution is 5.32. The second-order valence-electron chi connectivity index (χ2n) is 7.31. The third-order valence-corrected chi connectivity index (χ3v) is 4.05. The molecule has 2 aromatic rings. The summed E-state index contributed by atoms with van der Waals surface area (Å²) in [6.45, 7) is 5.61. The molecule has 0 N–H and O–H groups in total. The molecule has 0 aliphatic carbocycles. The molecule has 0 spiro atoms. The Kier molecular flexibility index (Phi) is 6.61. The maximum Gasteiger partial charge on any atom is 0.147 e. The molecule has 0 saturated carbocycles. The number of hydrogen-bond acceptors (Lipinski definition) is 1. The van der Waals surface area contributed by atoms with Crippen LogP contribution in [0.4, 0.5) is 4.39 Å². The Labute approximate surface area is 150 Å². The van der Waals surface area contributed by atoms with Gasteiger partial charge in [-0.25, -0.2) is 4.39 Å². The van der Waals surface area contributed by atoms with Crippen molar-refractivity contribution in [3.63, 3.8) is 0 Å². The van der Waals surface area contributed by atoms with Crippen LogP contribution in [0.15, 0.2) is 71.7 Å². The van der Waals surface area contributed by atoms with Crippen molar-refractivity contribution in [3.05, 3.63) is 82.9 Å². The van der Waals surface area contributed by atoms with E-state index >= 15 is 0 Å². The van der Waals surface area contributed by atoms with Crippen LogP contribution in [-0.2, 0) is 12.8 Å². The number of hydrogen-bond donors (Lipinski definition) is 0. The average molecular weight is 338 g/mol. The third kappa shape index (κ3) is 6.25. The standard InChI is InChI=1S/C23H27FO/c1-23(2,3)22(24)17-20(14-13-18-9-6-5-7-10-18)15-19-11-8-12-21(16-19)25-4/h5-12,16H,13-15H2,1-4H3. The summed E-state index contributed by atoms with van der Waals surface area (Å²) in [5, 5.41) is 0. The lowest BCUT2D eigenvalue weighted by Crippen LogP contribution is -2.05. The SMILES string of the molecule is COc1cccc(CC(=C=C(F)C(C)(C)C)CCc2ccccc2)c1. The van der Waals surface area contributed by atoms with Crippen LogP contribution in [0.5, 0.6) is 5.75 Å². The minimum atomic E-state index is -0.521. The van der Waals surface area contributed by atoms with E-state index in [2.05, 4.69) is 17.9 Å². The Balaban J connectivity index is 2.27. The van der Waals surface area contributed by atoms with Crippen molar-refractivity contribution >= 4 is 0 Å². The van der Waals surface area contributed by atoms with Crippen molar-refractivity contribution in [3.8, 4) is 5.75 Å². The number of aryl methyl sites for hydroxylation is 1. The van der Waals surface area contributed by atoms with Crippen molar-refractivity contribution < 1.29 is 9.13 Å². The van der Waals surface area contributed by atoms with Gasteiger partial charge in [0.1, 0.15) is 11.6 Å². The Hall–Kier alpha value is -2.31. The van der Waals surface area contributed by atoms with E-state index in [0.717, 1.165) is 29.7 Å². The van der Waals surface area contributed by atoms with Gasteiger partial charge < -0.3 is 4.74 Å². The highest BCUT2D eigenvalue weighted by Gasteiger charge is 2.17. The van der Waals surface area contributed by atoms with Crippen LogP contribution in [0.1, 0.15) is 38.3 Å². The molecule has 25 heavy (non-hydrogen) atoms. The van der Waals surface area contributed by atoms with Crippen LogP contribution < -0.4 is 4.74 Å². The van der Waals surface area contributed by atoms with E-state index in [1.54, 1.807) is 7.11 Å². The number of methoxy groups -OCH3 is 1. The predicted molar refractivity (Wildman–Crippen MR) is 103 cm³/mol. The Bertz CT molecular complexity index is 747. The van der Waals surface area contributed by atoms with Gasteiger partial charge in [-0.15, -0.1) is 0 Å². The second-order valence-corrected chi connectivity index (χ2v) is 7.31. The van der Waals surface area contributed by atoms with E-state index in [4.69, 9.17) is 4.74 Å². The topological polar surface area (TPSA) is 9.23 Å². The fourth-order valence-corrected chi connectivity index (χ4v) is 2.51. The van der Waals surface area contributed by atoms with Gasteiger partial charge >= 0.3 is 0 Å². The van der Waals surface area contributed by atoms with Gasteiger partial charge in [-0.1, -0.05) is 69.0 Å². The van der Waals surface area contributed by atoms with Crippen molar-refractivity contribution in [2.45, 2.75) is 40.0 Å². The summed E-state index contributed by atoms with van der Waals surface area (Å²) in [5.41, 5.74) is 5.86. The summed E-state index contributed by atoms with van der Waals surface area (Å²) in [6, 6.07) is 18.2. The summed E-state index contributed by atoms with van der Waals surface area (Å²) in [5.74, 6) is 0.624. The molecule has 0 fully saturated rings. The third-order valence-electron chi connectivity index (χ3n) is 4.05. The maximum atomic E-state index is 14.5. The van der Waals surface area contributed by atoms with E-state index in [1.165, 1.54) is 5.56 Å². The monoisotopic (exact) mass is 338 g/mol. The average Bonchev–Trinajstić information content (AvgIpc) is 2.60. The molecule has 0 amide bonds. The highest BCUT2D eigenvalue weighted by atomic mass is 19.1. The molecular formula is C23H27FO. The van der Waals surface area contributed by atoms with Gasteiger partial charge in [-0.3, -0.25) is 0 Å². The minimum absolute atomic E-state index is 0.196. The lowest BCUT2D eigenvalue weighted by atomic mass is 9.93. The molecule has 0 aromatic heterocycles. The molecule has 0 heterocycles. The number of rotatable bonds is 6. The number of allylic oxidation sites excluding steroid dienone is 1. The van der Waals surface area contributed by atoms with Crippen molar-refractivity contribution in [2.24, 2.45) is 5.41 Å². The summed E-state index contributed by atoms with van der Waals surface area (Å²) in [4.78, 5) is 0. The highest BCUT2D eigenvalue weighted by Crippen LogP contribution is 2.27. The van der Waals surface area contributed by atoms with E-state index in [1.807, 2.05) is 63.2 Å². The zero-order valence-electron chi connectivity index (χ0n) is 15.6. The first-order valence-corrected chi connectivity index (χ1v) is 8.70. The molecule has 0 aliphatic rings. The molecule has 132 valence electrons. The molecule has 2 rings (SSSR count). The quantitative estimate of drug-likeness (QED) is 0.562. The van der Waals surface area contributed by atoms with E-state index < -0.39 is 5.41 Å². The molecule has 0 atom stereocenters. The number of halogens is 1. The summed E-state index contributed by atoms with van der Waals surface area (Å²) < 4.78 is 19.8. The first-order valence-electron chi connectivity index (χ1n) is 8.70. The number of benzene rings is 2. The summed E-state index contributed by atoms with van der Waals surface area (Å²) in [7, 11) is 1.66. The first kappa shape index (κ1) is 19.0. The fraction of sp³-hybridized carbons (Fsp3) is 0.348. The molecule has 1 nitrogen and oxygen atoms in total. The number of ether oxygens (including phenoxy) is 1. The van der Waals surface area contributed by atoms with Crippen LogP contribution in [0.25, 0.3) is 0 Å². The fourth-order valence-electron chi connectivity index (χ4n) is 2.51. The first-order chi connectivity index (χ1) is 11.9. The van der Waals surface area contributed by atoms with E-state index in [9.17, 15) is 4.39 Å². The smallest absolute Gasteiger partial charge is 0.147 e. The van der Waals surface area contributed by atoms with Gasteiger partial charge in [-0.05, 0) is 41.7 Å². The summed E-state index contributed by atoms with van der Waals surface area (Å²) >= 11 is 0. The van der Waals surface area contributed by atoms with Crippen LogP contribution in [-0.4, -0.2) is 7.11 Å². The largest absolute Gasteiger partial charge is 0.497 e. The lowest BCUT2D eigenvalue weighted by Gasteiger charge is -2.14. The van der Waals surface area contributed by atoms with Crippen LogP contribution in [0.2, 0.25) is 0 Å². The molecule has 0 unspecified atom stereocenters. The Morgan fingerprint density at radius 1 is 1.00 bits per heavy atom. The maximum absolute atomic E-state index is 14.5. The van der Waals surface area contributed by atoms with Crippen LogP contribution >= 0.6 is 0 Å². The van der Waals surface area contributed by atoms with Gasteiger partial charge in [0, 0.05) is 11.8 Å². The Morgan fingerprint density at radius 3 is 2.32 bits per heavy atom. The minimum Gasteiger partial charge on any atom is -0.497 e. The molecular weight excluding hydrogens is 311 g/mol.